The summed E-state index contributed by atoms with van der Waals surface area (Å²) in [5, 5.41) is 2.97. The molecule has 22 heavy (non-hydrogen) atoms. The van der Waals surface area contributed by atoms with Gasteiger partial charge in [-0.25, -0.2) is 12.7 Å². The Morgan fingerprint density at radius 1 is 1.27 bits per heavy atom. The van der Waals surface area contributed by atoms with Crippen molar-refractivity contribution < 1.29 is 13.2 Å². The lowest BCUT2D eigenvalue weighted by Gasteiger charge is -2.18. The number of carbonyl (C=O) groups excluding carboxylic acids is 1. The van der Waals surface area contributed by atoms with Gasteiger partial charge in [-0.2, -0.15) is 0 Å². The lowest BCUT2D eigenvalue weighted by Crippen LogP contribution is -2.32. The molecule has 0 saturated carbocycles. The summed E-state index contributed by atoms with van der Waals surface area (Å²) >= 11 is 3.23. The van der Waals surface area contributed by atoms with E-state index < -0.39 is 10.0 Å². The number of amides is 1. The van der Waals surface area contributed by atoms with Crippen molar-refractivity contribution in [1.82, 2.24) is 14.5 Å². The predicted octanol–water partition coefficient (Wildman–Crippen LogP) is 1.41. The molecule has 0 aliphatic rings. The molecule has 1 aromatic rings. The number of benzene rings is 1. The molecule has 1 N–H and O–H groups in total. The SMILES string of the molecule is CNCCN(C)C(=O)c1ccc(S(=O)(=O)N(C)C)c(Br)c1.Cl. The van der Waals surface area contributed by atoms with Crippen LogP contribution in [0.4, 0.5) is 0 Å². The first-order valence-corrected chi connectivity index (χ1v) is 8.57. The molecule has 0 bridgehead atoms. The standard InChI is InChI=1S/C13H20BrN3O3S.ClH/c1-15-7-8-17(4)13(18)10-5-6-12(11(14)9-10)21(19,20)16(2)3;/h5-6,9,15H,7-8H2,1-4H3;1H. The Hall–Kier alpha value is -0.670. The Morgan fingerprint density at radius 3 is 2.32 bits per heavy atom. The molecule has 0 atom stereocenters. The monoisotopic (exact) mass is 413 g/mol. The van der Waals surface area contributed by atoms with E-state index in [-0.39, 0.29) is 23.2 Å². The molecular weight excluding hydrogens is 394 g/mol. The van der Waals surface area contributed by atoms with Gasteiger partial charge in [0.2, 0.25) is 10.0 Å². The molecule has 0 aliphatic carbocycles. The van der Waals surface area contributed by atoms with Crippen molar-refractivity contribution in [2.24, 2.45) is 0 Å². The smallest absolute Gasteiger partial charge is 0.253 e. The molecule has 6 nitrogen and oxygen atoms in total. The lowest BCUT2D eigenvalue weighted by atomic mass is 10.2. The van der Waals surface area contributed by atoms with Crippen LogP contribution in [-0.2, 0) is 10.0 Å². The largest absolute Gasteiger partial charge is 0.340 e. The maximum Gasteiger partial charge on any atom is 0.253 e. The van der Waals surface area contributed by atoms with E-state index in [4.69, 9.17) is 0 Å². The first-order chi connectivity index (χ1) is 9.71. The molecule has 0 fully saturated rings. The number of halogens is 2. The van der Waals surface area contributed by atoms with Crippen molar-refractivity contribution in [2.45, 2.75) is 4.90 Å². The third-order valence-electron chi connectivity index (χ3n) is 2.98. The van der Waals surface area contributed by atoms with Gasteiger partial charge < -0.3 is 10.2 Å². The van der Waals surface area contributed by atoms with Crippen molar-refractivity contribution in [3.8, 4) is 0 Å². The van der Waals surface area contributed by atoms with Crippen molar-refractivity contribution >= 4 is 44.3 Å². The Kier molecular flexibility index (Phi) is 8.56. The zero-order chi connectivity index (χ0) is 16.2. The van der Waals surface area contributed by atoms with Gasteiger partial charge in [-0.05, 0) is 41.2 Å². The van der Waals surface area contributed by atoms with Gasteiger partial charge in [0.05, 0.1) is 4.90 Å². The van der Waals surface area contributed by atoms with Crippen LogP contribution in [0.15, 0.2) is 27.6 Å². The van der Waals surface area contributed by atoms with Gasteiger partial charge in [0.1, 0.15) is 0 Å². The first kappa shape index (κ1) is 21.3. The van der Waals surface area contributed by atoms with Crippen LogP contribution >= 0.6 is 28.3 Å². The normalized spacial score (nSPS) is 11.2. The van der Waals surface area contributed by atoms with Gasteiger partial charge in [0.25, 0.3) is 5.91 Å². The summed E-state index contributed by atoms with van der Waals surface area (Å²) in [6.45, 7) is 1.27. The highest BCUT2D eigenvalue weighted by atomic mass is 79.9. The third kappa shape index (κ3) is 4.92. The lowest BCUT2D eigenvalue weighted by molar-refractivity contribution is 0.0796. The van der Waals surface area contributed by atoms with Crippen molar-refractivity contribution in [3.63, 3.8) is 0 Å². The number of nitrogens with one attached hydrogen (secondary N) is 1. The van der Waals surface area contributed by atoms with E-state index >= 15 is 0 Å². The van der Waals surface area contributed by atoms with Crippen LogP contribution in [0, 0.1) is 0 Å². The van der Waals surface area contributed by atoms with Crippen molar-refractivity contribution in [3.05, 3.63) is 28.2 Å². The molecule has 126 valence electrons. The number of nitrogens with zero attached hydrogens (tertiary/aromatic N) is 2. The van der Waals surface area contributed by atoms with Crippen LogP contribution in [0.1, 0.15) is 10.4 Å². The van der Waals surface area contributed by atoms with E-state index in [0.29, 0.717) is 23.1 Å². The molecule has 9 heteroatoms. The fraction of sp³-hybridized carbons (Fsp3) is 0.462. The summed E-state index contributed by atoms with van der Waals surface area (Å²) in [5.41, 5.74) is 0.443. The van der Waals surface area contributed by atoms with E-state index in [9.17, 15) is 13.2 Å². The second-order valence-electron chi connectivity index (χ2n) is 4.76. The molecular formula is C13H21BrClN3O3S. The fourth-order valence-electron chi connectivity index (χ4n) is 1.64. The minimum absolute atomic E-state index is 0. The van der Waals surface area contributed by atoms with E-state index in [1.165, 1.54) is 32.3 Å². The fourth-order valence-corrected chi connectivity index (χ4v) is 3.57. The number of rotatable bonds is 6. The molecule has 1 aromatic carbocycles. The summed E-state index contributed by atoms with van der Waals surface area (Å²) in [4.78, 5) is 13.9. The molecule has 0 radical (unpaired) electrons. The Labute approximate surface area is 146 Å². The van der Waals surface area contributed by atoms with Crippen LogP contribution in [0.25, 0.3) is 0 Å². The highest BCUT2D eigenvalue weighted by molar-refractivity contribution is 9.10. The minimum Gasteiger partial charge on any atom is -0.340 e. The van der Waals surface area contributed by atoms with Crippen LogP contribution in [-0.4, -0.2) is 64.8 Å². The van der Waals surface area contributed by atoms with Gasteiger partial charge in [0.15, 0.2) is 0 Å². The predicted molar refractivity (Wildman–Crippen MR) is 93.2 cm³/mol. The summed E-state index contributed by atoms with van der Waals surface area (Å²) in [5.74, 6) is -0.153. The van der Waals surface area contributed by atoms with Gasteiger partial charge in [-0.15, -0.1) is 12.4 Å². The molecule has 1 amide bonds. The van der Waals surface area contributed by atoms with E-state index in [0.717, 1.165) is 4.31 Å². The number of likely N-dealkylation sites (N-methyl/N-ethyl adjacent to an activating group) is 2. The van der Waals surface area contributed by atoms with Gasteiger partial charge in [-0.1, -0.05) is 0 Å². The Morgan fingerprint density at radius 2 is 1.86 bits per heavy atom. The highest BCUT2D eigenvalue weighted by Crippen LogP contribution is 2.25. The molecule has 0 spiro atoms. The van der Waals surface area contributed by atoms with E-state index in [1.54, 1.807) is 11.9 Å². The molecule has 0 unspecified atom stereocenters. The zero-order valence-electron chi connectivity index (χ0n) is 13.0. The van der Waals surface area contributed by atoms with Crippen LogP contribution in [0.3, 0.4) is 0 Å². The van der Waals surface area contributed by atoms with Gasteiger partial charge in [0, 0.05) is 44.3 Å². The third-order valence-corrected chi connectivity index (χ3v) is 5.77. The number of carbonyl (C=O) groups is 1. The zero-order valence-corrected chi connectivity index (χ0v) is 16.2. The second-order valence-corrected chi connectivity index (χ2v) is 7.74. The molecule has 0 aliphatic heterocycles. The summed E-state index contributed by atoms with van der Waals surface area (Å²) in [6, 6.07) is 4.51. The number of hydrogen-bond donors (Lipinski definition) is 1. The second kappa shape index (κ2) is 8.83. The highest BCUT2D eigenvalue weighted by Gasteiger charge is 2.22. The number of hydrogen-bond acceptors (Lipinski definition) is 4. The Bertz CT molecular complexity index is 623. The number of sulfonamides is 1. The maximum absolute atomic E-state index is 12.2. The maximum atomic E-state index is 12.2. The quantitative estimate of drug-likeness (QED) is 0.764. The summed E-state index contributed by atoms with van der Waals surface area (Å²) < 4.78 is 25.7. The average Bonchev–Trinajstić information content (AvgIpc) is 2.43. The molecule has 0 aromatic heterocycles. The van der Waals surface area contributed by atoms with E-state index in [1.807, 2.05) is 7.05 Å². The Balaban J connectivity index is 0.00000441. The molecule has 1 rings (SSSR count). The van der Waals surface area contributed by atoms with Crippen LogP contribution < -0.4 is 5.32 Å². The average molecular weight is 415 g/mol. The summed E-state index contributed by atoms with van der Waals surface area (Å²) in [6.07, 6.45) is 0. The van der Waals surface area contributed by atoms with Gasteiger partial charge in [-0.3, -0.25) is 4.79 Å². The topological polar surface area (TPSA) is 69.7 Å². The minimum atomic E-state index is -3.53. The van der Waals surface area contributed by atoms with E-state index in [2.05, 4.69) is 21.2 Å². The van der Waals surface area contributed by atoms with Crippen molar-refractivity contribution in [1.29, 1.82) is 0 Å². The van der Waals surface area contributed by atoms with Gasteiger partial charge >= 0.3 is 0 Å². The summed E-state index contributed by atoms with van der Waals surface area (Å²) in [7, 11) is 2.92. The molecule has 0 saturated heterocycles. The first-order valence-electron chi connectivity index (χ1n) is 6.34. The van der Waals surface area contributed by atoms with Crippen molar-refractivity contribution in [2.75, 3.05) is 41.3 Å². The van der Waals surface area contributed by atoms with Crippen LogP contribution in [0.5, 0.6) is 0 Å². The van der Waals surface area contributed by atoms with Crippen LogP contribution in [0.2, 0.25) is 0 Å². The molecule has 0 heterocycles.